The molecule has 0 saturated carbocycles. The number of carbonyl (C=O) groups is 1. The first-order chi connectivity index (χ1) is 8.08. The van der Waals surface area contributed by atoms with E-state index in [0.717, 1.165) is 17.4 Å². The monoisotopic (exact) mass is 313 g/mol. The predicted octanol–water partition coefficient (Wildman–Crippen LogP) is 3.89. The predicted molar refractivity (Wildman–Crippen MR) is 73.4 cm³/mol. The zero-order valence-electron chi connectivity index (χ0n) is 9.54. The van der Waals surface area contributed by atoms with Crippen LogP contribution in [0.25, 0.3) is 0 Å². The number of hydrogen-bond acceptors (Lipinski definition) is 1. The molecule has 17 heavy (non-hydrogen) atoms. The average Bonchev–Trinajstić information content (AvgIpc) is 2.32. The van der Waals surface area contributed by atoms with Crippen LogP contribution in [0, 0.1) is 0 Å². The molecule has 2 nitrogen and oxygen atoms in total. The van der Waals surface area contributed by atoms with E-state index in [2.05, 4.69) is 28.9 Å². The molecule has 0 aromatic heterocycles. The highest BCUT2D eigenvalue weighted by molar-refractivity contribution is 9.10. The molecule has 2 rings (SSSR count). The quantitative estimate of drug-likeness (QED) is 0.720. The topological polar surface area (TPSA) is 20.3 Å². The van der Waals surface area contributed by atoms with E-state index in [0.29, 0.717) is 17.1 Å². The molecular weight excluding hydrogens is 302 g/mol. The highest BCUT2D eigenvalue weighted by Crippen LogP contribution is 2.23. The van der Waals surface area contributed by atoms with Crippen LogP contribution in [-0.4, -0.2) is 23.9 Å². The van der Waals surface area contributed by atoms with Gasteiger partial charge in [-0.05, 0) is 47.5 Å². The summed E-state index contributed by atoms with van der Waals surface area (Å²) in [5.41, 5.74) is 1.98. The second kappa shape index (κ2) is 5.23. The van der Waals surface area contributed by atoms with Gasteiger partial charge in [0.2, 0.25) is 0 Å². The first kappa shape index (κ1) is 12.7. The van der Waals surface area contributed by atoms with Gasteiger partial charge < -0.3 is 4.90 Å². The molecule has 0 atom stereocenters. The van der Waals surface area contributed by atoms with Gasteiger partial charge in [0.25, 0.3) is 5.91 Å². The van der Waals surface area contributed by atoms with Gasteiger partial charge in [0.15, 0.2) is 0 Å². The van der Waals surface area contributed by atoms with Crippen LogP contribution in [0.4, 0.5) is 0 Å². The maximum Gasteiger partial charge on any atom is 0.255 e. The van der Waals surface area contributed by atoms with E-state index in [1.54, 1.807) is 18.2 Å². The lowest BCUT2D eigenvalue weighted by atomic mass is 10.1. The fourth-order valence-electron chi connectivity index (χ4n) is 1.79. The van der Waals surface area contributed by atoms with Gasteiger partial charge in [-0.2, -0.15) is 0 Å². The fourth-order valence-corrected chi connectivity index (χ4v) is 2.38. The maximum atomic E-state index is 12.3. The lowest BCUT2D eigenvalue weighted by Crippen LogP contribution is -2.34. The van der Waals surface area contributed by atoms with Crippen molar-refractivity contribution in [2.24, 2.45) is 0 Å². The Morgan fingerprint density at radius 3 is 2.88 bits per heavy atom. The van der Waals surface area contributed by atoms with Gasteiger partial charge in [0, 0.05) is 22.6 Å². The van der Waals surface area contributed by atoms with Crippen molar-refractivity contribution in [2.75, 3.05) is 13.1 Å². The van der Waals surface area contributed by atoms with Crippen LogP contribution in [0.5, 0.6) is 0 Å². The van der Waals surface area contributed by atoms with Crippen LogP contribution < -0.4 is 0 Å². The van der Waals surface area contributed by atoms with E-state index >= 15 is 0 Å². The number of halogens is 2. The Kier molecular flexibility index (Phi) is 3.89. The first-order valence-electron chi connectivity index (χ1n) is 5.48. The maximum absolute atomic E-state index is 12.3. The summed E-state index contributed by atoms with van der Waals surface area (Å²) in [6.07, 6.45) is 3.05. The van der Waals surface area contributed by atoms with Crippen molar-refractivity contribution in [1.82, 2.24) is 4.90 Å². The third-order valence-electron chi connectivity index (χ3n) is 2.88. The summed E-state index contributed by atoms with van der Waals surface area (Å²) in [5, 5.41) is 0.584. The zero-order valence-corrected chi connectivity index (χ0v) is 11.9. The van der Waals surface area contributed by atoms with Crippen LogP contribution in [-0.2, 0) is 0 Å². The minimum atomic E-state index is 0.0307. The Balaban J connectivity index is 2.23. The van der Waals surface area contributed by atoms with Crippen LogP contribution in [0.3, 0.4) is 0 Å². The Morgan fingerprint density at radius 1 is 1.47 bits per heavy atom. The molecule has 0 saturated heterocycles. The van der Waals surface area contributed by atoms with Crippen LogP contribution in [0.15, 0.2) is 34.3 Å². The molecule has 1 aromatic carbocycles. The smallest absolute Gasteiger partial charge is 0.255 e. The van der Waals surface area contributed by atoms with Crippen molar-refractivity contribution in [1.29, 1.82) is 0 Å². The molecule has 0 unspecified atom stereocenters. The summed E-state index contributed by atoms with van der Waals surface area (Å²) in [6, 6.07) is 5.28. The van der Waals surface area contributed by atoms with E-state index in [-0.39, 0.29) is 5.91 Å². The molecule has 90 valence electrons. The average molecular weight is 315 g/mol. The molecule has 0 bridgehead atoms. The van der Waals surface area contributed by atoms with E-state index in [1.165, 1.54) is 5.57 Å². The zero-order chi connectivity index (χ0) is 12.4. The number of nitrogens with zero attached hydrogens (tertiary/aromatic N) is 1. The minimum Gasteiger partial charge on any atom is -0.335 e. The number of amides is 1. The van der Waals surface area contributed by atoms with Crippen LogP contribution in [0.2, 0.25) is 5.02 Å². The van der Waals surface area contributed by atoms with E-state index < -0.39 is 0 Å². The summed E-state index contributed by atoms with van der Waals surface area (Å²) in [5.74, 6) is 0.0307. The van der Waals surface area contributed by atoms with Gasteiger partial charge in [-0.25, -0.2) is 0 Å². The van der Waals surface area contributed by atoms with Gasteiger partial charge in [-0.1, -0.05) is 23.3 Å². The van der Waals surface area contributed by atoms with Gasteiger partial charge in [-0.15, -0.1) is 0 Å². The van der Waals surface area contributed by atoms with E-state index in [4.69, 9.17) is 11.6 Å². The highest BCUT2D eigenvalue weighted by Gasteiger charge is 2.19. The Labute approximate surface area is 114 Å². The van der Waals surface area contributed by atoms with Crippen molar-refractivity contribution < 1.29 is 4.79 Å². The first-order valence-corrected chi connectivity index (χ1v) is 6.65. The fraction of sp³-hybridized carbons (Fsp3) is 0.308. The van der Waals surface area contributed by atoms with Crippen LogP contribution >= 0.6 is 27.5 Å². The van der Waals surface area contributed by atoms with Gasteiger partial charge in [-0.3, -0.25) is 4.79 Å². The SMILES string of the molecule is CC1=CCN(C(=O)c2cc(Cl)ccc2Br)CC1. The lowest BCUT2D eigenvalue weighted by Gasteiger charge is -2.26. The van der Waals surface area contributed by atoms with E-state index in [9.17, 15) is 4.79 Å². The highest BCUT2D eigenvalue weighted by atomic mass is 79.9. The van der Waals surface area contributed by atoms with Crippen molar-refractivity contribution >= 4 is 33.4 Å². The van der Waals surface area contributed by atoms with E-state index in [1.807, 2.05) is 4.90 Å². The molecule has 1 aliphatic heterocycles. The molecule has 1 heterocycles. The molecule has 1 aromatic rings. The van der Waals surface area contributed by atoms with Crippen molar-refractivity contribution in [3.05, 3.63) is 44.9 Å². The van der Waals surface area contributed by atoms with Crippen molar-refractivity contribution in [2.45, 2.75) is 13.3 Å². The summed E-state index contributed by atoms with van der Waals surface area (Å²) < 4.78 is 0.790. The number of benzene rings is 1. The molecule has 4 heteroatoms. The summed E-state index contributed by atoms with van der Waals surface area (Å²) in [4.78, 5) is 14.1. The Morgan fingerprint density at radius 2 is 2.24 bits per heavy atom. The van der Waals surface area contributed by atoms with Gasteiger partial charge in [0.05, 0.1) is 5.56 Å². The molecule has 1 aliphatic rings. The Bertz CT molecular complexity index is 484. The molecule has 0 radical (unpaired) electrons. The number of rotatable bonds is 1. The molecular formula is C13H13BrClNO. The normalized spacial score (nSPS) is 15.7. The third kappa shape index (κ3) is 2.90. The Hall–Kier alpha value is -0.800. The van der Waals surface area contributed by atoms with Gasteiger partial charge >= 0.3 is 0 Å². The second-order valence-electron chi connectivity index (χ2n) is 4.18. The molecule has 0 aliphatic carbocycles. The van der Waals surface area contributed by atoms with Gasteiger partial charge in [0.1, 0.15) is 0 Å². The summed E-state index contributed by atoms with van der Waals surface area (Å²) in [6.45, 7) is 3.56. The number of hydrogen-bond donors (Lipinski definition) is 0. The minimum absolute atomic E-state index is 0.0307. The van der Waals surface area contributed by atoms with Crippen molar-refractivity contribution in [3.63, 3.8) is 0 Å². The lowest BCUT2D eigenvalue weighted by molar-refractivity contribution is 0.0768. The second-order valence-corrected chi connectivity index (χ2v) is 5.47. The molecule has 0 spiro atoms. The standard InChI is InChI=1S/C13H13BrClNO/c1-9-4-6-16(7-5-9)13(17)11-8-10(15)2-3-12(11)14/h2-4,8H,5-7H2,1H3. The number of carbonyl (C=O) groups excluding carboxylic acids is 1. The third-order valence-corrected chi connectivity index (χ3v) is 3.81. The van der Waals surface area contributed by atoms with Crippen molar-refractivity contribution in [3.8, 4) is 0 Å². The summed E-state index contributed by atoms with van der Waals surface area (Å²) in [7, 11) is 0. The molecule has 0 N–H and O–H groups in total. The summed E-state index contributed by atoms with van der Waals surface area (Å²) >= 11 is 9.31. The molecule has 0 fully saturated rings. The largest absolute Gasteiger partial charge is 0.335 e. The molecule has 1 amide bonds. The van der Waals surface area contributed by atoms with Crippen LogP contribution in [0.1, 0.15) is 23.7 Å².